The van der Waals surface area contributed by atoms with Crippen LogP contribution in [-0.2, 0) is 9.53 Å². The van der Waals surface area contributed by atoms with Gasteiger partial charge in [0.05, 0.1) is 19.3 Å². The van der Waals surface area contributed by atoms with Gasteiger partial charge in [-0.15, -0.1) is 0 Å². The molecule has 78 valence electrons. The molecule has 0 aromatic rings. The van der Waals surface area contributed by atoms with Gasteiger partial charge >= 0.3 is 5.97 Å². The van der Waals surface area contributed by atoms with Crippen molar-refractivity contribution in [2.75, 3.05) is 13.2 Å². The van der Waals surface area contributed by atoms with Gasteiger partial charge < -0.3 is 15.2 Å². The first-order valence-corrected chi connectivity index (χ1v) is 4.63. The molecule has 0 spiro atoms. The zero-order chi connectivity index (χ0) is 10.3. The van der Waals surface area contributed by atoms with E-state index < -0.39 is 0 Å². The van der Waals surface area contributed by atoms with E-state index >= 15 is 0 Å². The number of hydrogen-bond donors (Lipinski definition) is 2. The highest BCUT2D eigenvalue weighted by Gasteiger charge is 2.08. The number of carbonyl (C=O) groups is 1. The van der Waals surface area contributed by atoms with Crippen molar-refractivity contribution in [3.8, 4) is 0 Å². The summed E-state index contributed by atoms with van der Waals surface area (Å²) in [6.45, 7) is 5.77. The van der Waals surface area contributed by atoms with Gasteiger partial charge in [-0.3, -0.25) is 4.79 Å². The second-order valence-electron chi connectivity index (χ2n) is 3.21. The number of rotatable bonds is 6. The average Bonchev–Trinajstić information content (AvgIpc) is 2.05. The summed E-state index contributed by atoms with van der Waals surface area (Å²) in [5.41, 5.74) is 0. The van der Waals surface area contributed by atoms with Gasteiger partial charge in [-0.25, -0.2) is 0 Å². The summed E-state index contributed by atoms with van der Waals surface area (Å²) in [5.74, 6) is -0.276. The molecule has 0 aromatic carbocycles. The fourth-order valence-electron chi connectivity index (χ4n) is 0.870. The fraction of sp³-hybridized carbons (Fsp3) is 0.889. The zero-order valence-corrected chi connectivity index (χ0v) is 8.54. The molecule has 0 aliphatic carbocycles. The van der Waals surface area contributed by atoms with E-state index in [1.165, 1.54) is 0 Å². The van der Waals surface area contributed by atoms with Crippen LogP contribution in [0, 0.1) is 0 Å². The summed E-state index contributed by atoms with van der Waals surface area (Å²) in [6.07, 6.45) is 0.717. The van der Waals surface area contributed by atoms with Crippen molar-refractivity contribution < 1.29 is 14.6 Å². The van der Waals surface area contributed by atoms with Crippen LogP contribution in [-0.4, -0.2) is 36.4 Å². The first-order valence-electron chi connectivity index (χ1n) is 4.63. The second-order valence-corrected chi connectivity index (χ2v) is 3.21. The van der Waals surface area contributed by atoms with Crippen molar-refractivity contribution >= 4 is 5.97 Å². The Balaban J connectivity index is 3.56. The molecule has 4 nitrogen and oxygen atoms in total. The maximum Gasteiger partial charge on any atom is 0.320 e. The van der Waals surface area contributed by atoms with E-state index in [0.717, 1.165) is 6.42 Å². The van der Waals surface area contributed by atoms with Gasteiger partial charge in [0.15, 0.2) is 0 Å². The third-order valence-electron chi connectivity index (χ3n) is 1.62. The summed E-state index contributed by atoms with van der Waals surface area (Å²) < 4.78 is 4.91. The van der Waals surface area contributed by atoms with Crippen molar-refractivity contribution in [3.05, 3.63) is 0 Å². The number of nitrogens with one attached hydrogen (secondary N) is 1. The molecule has 0 heterocycles. The first kappa shape index (κ1) is 12.4. The molecule has 0 radical (unpaired) electrons. The van der Waals surface area contributed by atoms with Crippen molar-refractivity contribution in [2.24, 2.45) is 0 Å². The third kappa shape index (κ3) is 6.54. The normalized spacial score (nSPS) is 13.0. The molecule has 1 atom stereocenters. The van der Waals surface area contributed by atoms with E-state index in [9.17, 15) is 4.79 Å². The molecule has 0 aromatic heterocycles. The smallest absolute Gasteiger partial charge is 0.320 e. The molecule has 13 heavy (non-hydrogen) atoms. The molecule has 0 aliphatic heterocycles. The number of aliphatic hydroxyl groups excluding tert-OH is 1. The predicted molar refractivity (Wildman–Crippen MR) is 50.4 cm³/mol. The van der Waals surface area contributed by atoms with Crippen LogP contribution in [0.25, 0.3) is 0 Å². The highest BCUT2D eigenvalue weighted by molar-refractivity contribution is 5.71. The molecular weight excluding hydrogens is 170 g/mol. The fourth-order valence-corrected chi connectivity index (χ4v) is 0.870. The highest BCUT2D eigenvalue weighted by atomic mass is 16.5. The maximum absolute atomic E-state index is 11.0. The minimum atomic E-state index is -0.276. The van der Waals surface area contributed by atoms with Crippen LogP contribution in [0.3, 0.4) is 0 Å². The molecule has 2 N–H and O–H groups in total. The molecule has 4 heteroatoms. The number of carbonyl (C=O) groups excluding carboxylic acids is 1. The van der Waals surface area contributed by atoms with Crippen molar-refractivity contribution in [3.63, 3.8) is 0 Å². The molecule has 1 unspecified atom stereocenters. The summed E-state index contributed by atoms with van der Waals surface area (Å²) >= 11 is 0. The summed E-state index contributed by atoms with van der Waals surface area (Å²) in [6, 6.07) is -0.0142. The number of esters is 1. The van der Waals surface area contributed by atoms with Crippen LogP contribution in [0.5, 0.6) is 0 Å². The molecule has 0 saturated carbocycles. The van der Waals surface area contributed by atoms with Gasteiger partial charge in [0, 0.05) is 6.04 Å². The lowest BCUT2D eigenvalue weighted by Gasteiger charge is -2.14. The lowest BCUT2D eigenvalue weighted by molar-refractivity contribution is -0.146. The Hall–Kier alpha value is -0.610. The number of aliphatic hydroxyl groups is 1. The SMILES string of the molecule is CCC(CO)NCC(=O)OC(C)C. The lowest BCUT2D eigenvalue weighted by atomic mass is 10.2. The van der Waals surface area contributed by atoms with E-state index in [2.05, 4.69) is 5.32 Å². The first-order chi connectivity index (χ1) is 6.10. The zero-order valence-electron chi connectivity index (χ0n) is 8.54. The Bertz CT molecular complexity index is 144. The van der Waals surface area contributed by atoms with Crippen LogP contribution >= 0.6 is 0 Å². The molecule has 0 amide bonds. The molecule has 0 bridgehead atoms. The van der Waals surface area contributed by atoms with Crippen LogP contribution in [0.15, 0.2) is 0 Å². The second kappa shape index (κ2) is 6.86. The van der Waals surface area contributed by atoms with Gasteiger partial charge in [0.25, 0.3) is 0 Å². The van der Waals surface area contributed by atoms with Gasteiger partial charge in [0.2, 0.25) is 0 Å². The Morgan fingerprint density at radius 3 is 2.54 bits per heavy atom. The largest absolute Gasteiger partial charge is 0.462 e. The van der Waals surface area contributed by atoms with Gasteiger partial charge in [-0.1, -0.05) is 6.92 Å². The lowest BCUT2D eigenvalue weighted by Crippen LogP contribution is -2.37. The molecule has 0 aliphatic rings. The Morgan fingerprint density at radius 1 is 1.54 bits per heavy atom. The molecule has 0 fully saturated rings. The highest BCUT2D eigenvalue weighted by Crippen LogP contribution is 1.91. The van der Waals surface area contributed by atoms with E-state index in [1.54, 1.807) is 13.8 Å². The van der Waals surface area contributed by atoms with E-state index in [0.29, 0.717) is 0 Å². The van der Waals surface area contributed by atoms with Crippen molar-refractivity contribution in [1.29, 1.82) is 0 Å². The van der Waals surface area contributed by atoms with Crippen LogP contribution < -0.4 is 5.32 Å². The van der Waals surface area contributed by atoms with Crippen LogP contribution in [0.4, 0.5) is 0 Å². The van der Waals surface area contributed by atoms with Crippen molar-refractivity contribution in [1.82, 2.24) is 5.32 Å². The molecular formula is C9H19NO3. The Kier molecular flexibility index (Phi) is 6.54. The van der Waals surface area contributed by atoms with Gasteiger partial charge in [0.1, 0.15) is 0 Å². The quantitative estimate of drug-likeness (QED) is 0.590. The average molecular weight is 189 g/mol. The van der Waals surface area contributed by atoms with Crippen LogP contribution in [0.1, 0.15) is 27.2 Å². The summed E-state index contributed by atoms with van der Waals surface area (Å²) in [7, 11) is 0. The molecule has 0 saturated heterocycles. The van der Waals surface area contributed by atoms with E-state index in [4.69, 9.17) is 9.84 Å². The van der Waals surface area contributed by atoms with Gasteiger partial charge in [-0.2, -0.15) is 0 Å². The monoisotopic (exact) mass is 189 g/mol. The van der Waals surface area contributed by atoms with Crippen LogP contribution in [0.2, 0.25) is 0 Å². The minimum Gasteiger partial charge on any atom is -0.462 e. The Labute approximate surface area is 79.3 Å². The van der Waals surface area contributed by atoms with Gasteiger partial charge in [-0.05, 0) is 20.3 Å². The summed E-state index contributed by atoms with van der Waals surface area (Å²) in [5, 5.41) is 11.7. The number of hydrogen-bond acceptors (Lipinski definition) is 4. The Morgan fingerprint density at radius 2 is 2.15 bits per heavy atom. The van der Waals surface area contributed by atoms with E-state index in [1.807, 2.05) is 6.92 Å². The van der Waals surface area contributed by atoms with E-state index in [-0.39, 0.29) is 31.3 Å². The number of ether oxygens (including phenoxy) is 1. The predicted octanol–water partition coefficient (Wildman–Crippen LogP) is 0.298. The van der Waals surface area contributed by atoms with Crippen molar-refractivity contribution in [2.45, 2.75) is 39.3 Å². The maximum atomic E-state index is 11.0. The topological polar surface area (TPSA) is 58.6 Å². The minimum absolute atomic E-state index is 0.0142. The summed E-state index contributed by atoms with van der Waals surface area (Å²) in [4.78, 5) is 11.0. The molecule has 0 rings (SSSR count). The standard InChI is InChI=1S/C9H19NO3/c1-4-8(6-11)10-5-9(12)13-7(2)3/h7-8,10-11H,4-6H2,1-3H3. The third-order valence-corrected chi connectivity index (χ3v) is 1.62.